The zero-order valence-electron chi connectivity index (χ0n) is 14.8. The van der Waals surface area contributed by atoms with Crippen molar-refractivity contribution in [3.8, 4) is 0 Å². The minimum Gasteiger partial charge on any atom is -0.335 e. The van der Waals surface area contributed by atoms with E-state index in [1.807, 2.05) is 30.3 Å². The van der Waals surface area contributed by atoms with Gasteiger partial charge in [-0.1, -0.05) is 18.2 Å². The van der Waals surface area contributed by atoms with Crippen molar-refractivity contribution >= 4 is 21.7 Å². The Morgan fingerprint density at radius 2 is 1.85 bits per heavy atom. The fourth-order valence-electron chi connectivity index (χ4n) is 3.16. The summed E-state index contributed by atoms with van der Waals surface area (Å²) in [6.07, 6.45) is 1.13. The van der Waals surface area contributed by atoms with Gasteiger partial charge in [-0.25, -0.2) is 13.2 Å². The van der Waals surface area contributed by atoms with Gasteiger partial charge in [0.2, 0.25) is 10.0 Å². The van der Waals surface area contributed by atoms with Crippen molar-refractivity contribution in [2.75, 3.05) is 18.4 Å². The van der Waals surface area contributed by atoms with Crippen LogP contribution in [0.2, 0.25) is 0 Å². The maximum Gasteiger partial charge on any atom is 0.319 e. The van der Waals surface area contributed by atoms with E-state index in [1.54, 1.807) is 13.8 Å². The third-order valence-electron chi connectivity index (χ3n) is 4.48. The van der Waals surface area contributed by atoms with E-state index in [0.29, 0.717) is 37.3 Å². The van der Waals surface area contributed by atoms with Gasteiger partial charge in [-0.2, -0.15) is 9.40 Å². The second kappa shape index (κ2) is 7.46. The molecule has 9 heteroatoms. The molecule has 0 bridgehead atoms. The van der Waals surface area contributed by atoms with Crippen molar-refractivity contribution in [2.45, 2.75) is 37.6 Å². The van der Waals surface area contributed by atoms with Gasteiger partial charge >= 0.3 is 6.03 Å². The van der Waals surface area contributed by atoms with Gasteiger partial charge < -0.3 is 10.6 Å². The molecular weight excluding hydrogens is 354 g/mol. The monoisotopic (exact) mass is 377 g/mol. The molecule has 2 amide bonds. The molecule has 1 aliphatic rings. The summed E-state index contributed by atoms with van der Waals surface area (Å²) >= 11 is 0. The molecule has 1 fully saturated rings. The highest BCUT2D eigenvalue weighted by atomic mass is 32.2. The minimum atomic E-state index is -3.57. The molecule has 3 rings (SSSR count). The quantitative estimate of drug-likeness (QED) is 0.757. The topological polar surface area (TPSA) is 107 Å². The van der Waals surface area contributed by atoms with Crippen LogP contribution in [0.5, 0.6) is 0 Å². The summed E-state index contributed by atoms with van der Waals surface area (Å²) < 4.78 is 27.1. The number of carbonyl (C=O) groups excluding carboxylic acids is 1. The second-order valence-electron chi connectivity index (χ2n) is 6.41. The minimum absolute atomic E-state index is 0.0586. The number of aromatic amines is 1. The number of benzene rings is 1. The maximum absolute atomic E-state index is 12.8. The number of aromatic nitrogens is 2. The molecule has 3 N–H and O–H groups in total. The normalized spacial score (nSPS) is 16.4. The van der Waals surface area contributed by atoms with Crippen molar-refractivity contribution in [3.05, 3.63) is 41.7 Å². The molecule has 0 aliphatic carbocycles. The Morgan fingerprint density at radius 1 is 1.19 bits per heavy atom. The number of urea groups is 1. The molecule has 0 unspecified atom stereocenters. The van der Waals surface area contributed by atoms with Crippen LogP contribution in [0.4, 0.5) is 10.5 Å². The number of aryl methyl sites for hydroxylation is 2. The van der Waals surface area contributed by atoms with Gasteiger partial charge in [0.15, 0.2) is 0 Å². The fourth-order valence-corrected chi connectivity index (χ4v) is 4.97. The number of H-pyrrole nitrogens is 1. The Balaban J connectivity index is 1.57. The zero-order chi connectivity index (χ0) is 18.7. The SMILES string of the molecule is Cc1n[nH]c(C)c1S(=O)(=O)N1CCC(NC(=O)Nc2ccccc2)CC1. The summed E-state index contributed by atoms with van der Waals surface area (Å²) in [5, 5.41) is 12.4. The average molecular weight is 377 g/mol. The molecule has 1 aliphatic heterocycles. The lowest BCUT2D eigenvalue weighted by atomic mass is 10.1. The van der Waals surface area contributed by atoms with E-state index in [2.05, 4.69) is 20.8 Å². The number of para-hydroxylation sites is 1. The van der Waals surface area contributed by atoms with E-state index in [4.69, 9.17) is 0 Å². The van der Waals surface area contributed by atoms with Crippen LogP contribution < -0.4 is 10.6 Å². The predicted octanol–water partition coefficient (Wildman–Crippen LogP) is 2.00. The highest BCUT2D eigenvalue weighted by molar-refractivity contribution is 7.89. The van der Waals surface area contributed by atoms with Gasteiger partial charge in [0.05, 0.1) is 11.4 Å². The number of hydrogen-bond acceptors (Lipinski definition) is 4. The van der Waals surface area contributed by atoms with Gasteiger partial charge in [-0.05, 0) is 38.8 Å². The number of piperidine rings is 1. The van der Waals surface area contributed by atoms with E-state index in [0.717, 1.165) is 5.69 Å². The molecule has 1 aromatic heterocycles. The maximum atomic E-state index is 12.8. The lowest BCUT2D eigenvalue weighted by molar-refractivity contribution is 0.238. The predicted molar refractivity (Wildman–Crippen MR) is 98.4 cm³/mol. The first-order chi connectivity index (χ1) is 12.4. The standard InChI is InChI=1S/C17H23N5O3S/c1-12-16(13(2)21-20-12)26(24,25)22-10-8-15(9-11-22)19-17(23)18-14-6-4-3-5-7-14/h3-7,15H,8-11H2,1-2H3,(H,20,21)(H2,18,19,23). The van der Waals surface area contributed by atoms with Gasteiger partial charge in [0, 0.05) is 24.8 Å². The first-order valence-electron chi connectivity index (χ1n) is 8.52. The van der Waals surface area contributed by atoms with Crippen molar-refractivity contribution in [1.82, 2.24) is 19.8 Å². The van der Waals surface area contributed by atoms with E-state index < -0.39 is 10.0 Å². The van der Waals surface area contributed by atoms with E-state index in [1.165, 1.54) is 4.31 Å². The number of hydrogen-bond donors (Lipinski definition) is 3. The Morgan fingerprint density at radius 3 is 2.42 bits per heavy atom. The van der Waals surface area contributed by atoms with Gasteiger partial charge in [-0.3, -0.25) is 5.10 Å². The van der Waals surface area contributed by atoms with Crippen molar-refractivity contribution in [2.24, 2.45) is 0 Å². The van der Waals surface area contributed by atoms with E-state index in [9.17, 15) is 13.2 Å². The van der Waals surface area contributed by atoms with Crippen molar-refractivity contribution < 1.29 is 13.2 Å². The van der Waals surface area contributed by atoms with Crippen LogP contribution in [0.3, 0.4) is 0 Å². The van der Waals surface area contributed by atoms with Crippen LogP contribution in [0.15, 0.2) is 35.2 Å². The van der Waals surface area contributed by atoms with Gasteiger partial charge in [0.25, 0.3) is 0 Å². The highest BCUT2D eigenvalue weighted by Crippen LogP contribution is 2.24. The van der Waals surface area contributed by atoms with Crippen LogP contribution in [0.25, 0.3) is 0 Å². The smallest absolute Gasteiger partial charge is 0.319 e. The zero-order valence-corrected chi connectivity index (χ0v) is 15.6. The number of rotatable bonds is 4. The van der Waals surface area contributed by atoms with E-state index >= 15 is 0 Å². The van der Waals surface area contributed by atoms with Crippen LogP contribution in [0.1, 0.15) is 24.2 Å². The molecule has 2 heterocycles. The Kier molecular flexibility index (Phi) is 5.28. The summed E-state index contributed by atoms with van der Waals surface area (Å²) in [7, 11) is -3.57. The third kappa shape index (κ3) is 3.88. The Bertz CT molecular complexity index is 852. The number of nitrogens with one attached hydrogen (secondary N) is 3. The summed E-state index contributed by atoms with van der Waals surface area (Å²) in [4.78, 5) is 12.3. The second-order valence-corrected chi connectivity index (χ2v) is 8.28. The Labute approximate surface area is 153 Å². The third-order valence-corrected chi connectivity index (χ3v) is 6.64. The Hall–Kier alpha value is -2.39. The molecule has 0 saturated carbocycles. The molecule has 0 spiro atoms. The molecule has 140 valence electrons. The number of sulfonamides is 1. The summed E-state index contributed by atoms with van der Waals surface area (Å²) in [6.45, 7) is 4.11. The average Bonchev–Trinajstić information content (AvgIpc) is 2.95. The molecule has 8 nitrogen and oxygen atoms in total. The van der Waals surface area contributed by atoms with Crippen molar-refractivity contribution in [1.29, 1.82) is 0 Å². The molecule has 0 atom stereocenters. The summed E-state index contributed by atoms with van der Waals surface area (Å²) in [6, 6.07) is 8.85. The van der Waals surface area contributed by atoms with E-state index in [-0.39, 0.29) is 17.0 Å². The van der Waals surface area contributed by atoms with Gasteiger partial charge in [-0.15, -0.1) is 0 Å². The fraction of sp³-hybridized carbons (Fsp3) is 0.412. The van der Waals surface area contributed by atoms with Gasteiger partial charge in [0.1, 0.15) is 4.90 Å². The molecule has 0 radical (unpaired) electrons. The molecule has 1 saturated heterocycles. The lowest BCUT2D eigenvalue weighted by Crippen LogP contribution is -2.47. The summed E-state index contributed by atoms with van der Waals surface area (Å²) in [5.74, 6) is 0. The molecule has 26 heavy (non-hydrogen) atoms. The van der Waals surface area contributed by atoms with Crippen LogP contribution in [-0.4, -0.2) is 48.1 Å². The number of anilines is 1. The molecular formula is C17H23N5O3S. The van der Waals surface area contributed by atoms with Crippen LogP contribution >= 0.6 is 0 Å². The highest BCUT2D eigenvalue weighted by Gasteiger charge is 2.33. The van der Waals surface area contributed by atoms with Crippen LogP contribution in [-0.2, 0) is 10.0 Å². The summed E-state index contributed by atoms with van der Waals surface area (Å²) in [5.41, 5.74) is 1.74. The van der Waals surface area contributed by atoms with Crippen LogP contribution in [0, 0.1) is 13.8 Å². The first kappa shape index (κ1) is 18.4. The van der Waals surface area contributed by atoms with Crippen molar-refractivity contribution in [3.63, 3.8) is 0 Å². The number of nitrogens with zero attached hydrogens (tertiary/aromatic N) is 2. The molecule has 2 aromatic rings. The number of carbonyl (C=O) groups is 1. The largest absolute Gasteiger partial charge is 0.335 e. The number of amides is 2. The first-order valence-corrected chi connectivity index (χ1v) is 9.96. The lowest BCUT2D eigenvalue weighted by Gasteiger charge is -2.31. The molecule has 1 aromatic carbocycles.